The molecule has 0 saturated carbocycles. The van der Waals surface area contributed by atoms with E-state index in [2.05, 4.69) is 17.1 Å². The maximum Gasteiger partial charge on any atom is 0.317 e. The Labute approximate surface area is 166 Å². The summed E-state index contributed by atoms with van der Waals surface area (Å²) in [7, 11) is -3.66. The summed E-state index contributed by atoms with van der Waals surface area (Å²) >= 11 is 0. The summed E-state index contributed by atoms with van der Waals surface area (Å²) < 4.78 is 39.7. The van der Waals surface area contributed by atoms with Crippen LogP contribution >= 0.6 is 0 Å². The van der Waals surface area contributed by atoms with Crippen LogP contribution < -0.4 is 5.32 Å². The molecule has 1 aromatic carbocycles. The van der Waals surface area contributed by atoms with Gasteiger partial charge in [0, 0.05) is 45.3 Å². The third kappa shape index (κ3) is 5.01. The number of carbonyl (C=O) groups excluding carboxylic acids is 1. The molecule has 1 aromatic rings. The summed E-state index contributed by atoms with van der Waals surface area (Å²) in [5.74, 6) is -0.471. The number of hydrogen-bond acceptors (Lipinski definition) is 4. The fourth-order valence-electron chi connectivity index (χ4n) is 3.77. The minimum absolute atomic E-state index is 0.0747. The number of hydrogen-bond donors (Lipinski definition) is 1. The zero-order valence-electron chi connectivity index (χ0n) is 16.3. The van der Waals surface area contributed by atoms with E-state index in [-0.39, 0.29) is 30.1 Å². The van der Waals surface area contributed by atoms with Crippen LogP contribution in [0, 0.1) is 5.82 Å². The summed E-state index contributed by atoms with van der Waals surface area (Å²) in [5, 5.41) is 3.09. The van der Waals surface area contributed by atoms with Gasteiger partial charge >= 0.3 is 6.03 Å². The van der Waals surface area contributed by atoms with E-state index < -0.39 is 15.8 Å². The molecule has 0 atom stereocenters. The molecular weight excluding hydrogens is 383 g/mol. The number of piperazine rings is 1. The quantitative estimate of drug-likeness (QED) is 0.799. The number of sulfonamides is 1. The highest BCUT2D eigenvalue weighted by Gasteiger charge is 2.31. The molecule has 28 heavy (non-hydrogen) atoms. The predicted octanol–water partition coefficient (Wildman–Crippen LogP) is 1.72. The maximum atomic E-state index is 13.0. The largest absolute Gasteiger partial charge is 0.335 e. The molecule has 0 spiro atoms. The minimum atomic E-state index is -3.66. The molecule has 0 unspecified atom stereocenters. The number of likely N-dealkylation sites (tertiary alicyclic amines) is 1. The van der Waals surface area contributed by atoms with Crippen LogP contribution in [0.5, 0.6) is 0 Å². The molecule has 2 saturated heterocycles. The first-order valence-corrected chi connectivity index (χ1v) is 11.4. The Balaban J connectivity index is 1.48. The SMILES string of the molecule is CCCN1CCC(NC(=O)N2CCN(S(=O)(=O)c3ccc(F)cc3)CC2)CC1. The van der Waals surface area contributed by atoms with E-state index in [4.69, 9.17) is 0 Å². The molecule has 7 nitrogen and oxygen atoms in total. The van der Waals surface area contributed by atoms with Gasteiger partial charge in [0.1, 0.15) is 5.82 Å². The van der Waals surface area contributed by atoms with Gasteiger partial charge in [0.05, 0.1) is 4.90 Å². The number of nitrogens with one attached hydrogen (secondary N) is 1. The summed E-state index contributed by atoms with van der Waals surface area (Å²) in [6, 6.07) is 4.89. The van der Waals surface area contributed by atoms with Crippen molar-refractivity contribution in [2.75, 3.05) is 45.8 Å². The van der Waals surface area contributed by atoms with Crippen LogP contribution in [0.2, 0.25) is 0 Å². The topological polar surface area (TPSA) is 73.0 Å². The van der Waals surface area contributed by atoms with Gasteiger partial charge in [0.15, 0.2) is 0 Å². The van der Waals surface area contributed by atoms with Gasteiger partial charge in [0.25, 0.3) is 0 Å². The van der Waals surface area contributed by atoms with E-state index in [0.29, 0.717) is 13.1 Å². The lowest BCUT2D eigenvalue weighted by Gasteiger charge is -2.36. The molecule has 9 heteroatoms. The molecule has 0 aliphatic carbocycles. The van der Waals surface area contributed by atoms with Crippen molar-refractivity contribution in [2.45, 2.75) is 37.1 Å². The van der Waals surface area contributed by atoms with Gasteiger partial charge in [-0.05, 0) is 50.1 Å². The van der Waals surface area contributed by atoms with Crippen molar-refractivity contribution < 1.29 is 17.6 Å². The zero-order valence-corrected chi connectivity index (χ0v) is 17.1. The fraction of sp³-hybridized carbons (Fsp3) is 0.632. The highest BCUT2D eigenvalue weighted by atomic mass is 32.2. The molecule has 0 radical (unpaired) electrons. The van der Waals surface area contributed by atoms with Gasteiger partial charge in [-0.3, -0.25) is 0 Å². The number of amides is 2. The Morgan fingerprint density at radius 2 is 1.68 bits per heavy atom. The van der Waals surface area contributed by atoms with Crippen LogP contribution in [0.25, 0.3) is 0 Å². The van der Waals surface area contributed by atoms with Crippen molar-refractivity contribution >= 4 is 16.1 Å². The number of carbonyl (C=O) groups is 1. The first-order chi connectivity index (χ1) is 13.4. The van der Waals surface area contributed by atoms with Crippen LogP contribution in [0.4, 0.5) is 9.18 Å². The second-order valence-electron chi connectivity index (χ2n) is 7.41. The predicted molar refractivity (Wildman–Crippen MR) is 105 cm³/mol. The molecule has 156 valence electrons. The van der Waals surface area contributed by atoms with Crippen LogP contribution in [0.3, 0.4) is 0 Å². The van der Waals surface area contributed by atoms with Crippen molar-refractivity contribution in [3.63, 3.8) is 0 Å². The Bertz CT molecular complexity index is 756. The highest BCUT2D eigenvalue weighted by molar-refractivity contribution is 7.89. The Kier molecular flexibility index (Phi) is 6.90. The van der Waals surface area contributed by atoms with Gasteiger partial charge < -0.3 is 15.1 Å². The molecule has 2 amide bonds. The van der Waals surface area contributed by atoms with Crippen molar-refractivity contribution in [1.82, 2.24) is 19.4 Å². The van der Waals surface area contributed by atoms with Gasteiger partial charge in [-0.1, -0.05) is 6.92 Å². The number of piperidine rings is 1. The Hall–Kier alpha value is -1.71. The second kappa shape index (κ2) is 9.19. The van der Waals surface area contributed by atoms with E-state index >= 15 is 0 Å². The van der Waals surface area contributed by atoms with Crippen LogP contribution in [-0.4, -0.2) is 80.4 Å². The van der Waals surface area contributed by atoms with E-state index in [1.165, 1.54) is 16.4 Å². The number of benzene rings is 1. The van der Waals surface area contributed by atoms with Gasteiger partial charge in [-0.25, -0.2) is 17.6 Å². The van der Waals surface area contributed by atoms with Gasteiger partial charge in [0.2, 0.25) is 10.0 Å². The third-order valence-electron chi connectivity index (χ3n) is 5.43. The van der Waals surface area contributed by atoms with Crippen LogP contribution in [-0.2, 0) is 10.0 Å². The molecule has 0 bridgehead atoms. The van der Waals surface area contributed by atoms with Gasteiger partial charge in [-0.2, -0.15) is 4.31 Å². The smallest absolute Gasteiger partial charge is 0.317 e. The van der Waals surface area contributed by atoms with E-state index in [9.17, 15) is 17.6 Å². The molecule has 2 heterocycles. The zero-order chi connectivity index (χ0) is 20.1. The molecule has 3 rings (SSSR count). The van der Waals surface area contributed by atoms with E-state index in [1.807, 2.05) is 0 Å². The number of rotatable bonds is 5. The fourth-order valence-corrected chi connectivity index (χ4v) is 5.19. The van der Waals surface area contributed by atoms with Crippen molar-refractivity contribution in [3.8, 4) is 0 Å². The average molecular weight is 413 g/mol. The average Bonchev–Trinajstić information content (AvgIpc) is 2.70. The molecule has 0 aromatic heterocycles. The van der Waals surface area contributed by atoms with Gasteiger partial charge in [-0.15, -0.1) is 0 Å². The summed E-state index contributed by atoms with van der Waals surface area (Å²) in [4.78, 5) is 16.7. The number of nitrogens with zero attached hydrogens (tertiary/aromatic N) is 3. The lowest BCUT2D eigenvalue weighted by atomic mass is 10.1. The Morgan fingerprint density at radius 1 is 1.07 bits per heavy atom. The van der Waals surface area contributed by atoms with Crippen LogP contribution in [0.15, 0.2) is 29.2 Å². The van der Waals surface area contributed by atoms with Crippen LogP contribution in [0.1, 0.15) is 26.2 Å². The van der Waals surface area contributed by atoms with Crippen molar-refractivity contribution in [3.05, 3.63) is 30.1 Å². The first-order valence-electron chi connectivity index (χ1n) is 9.93. The minimum Gasteiger partial charge on any atom is -0.335 e. The standard InChI is InChI=1S/C19H29FN4O3S/c1-2-9-22-10-7-17(8-11-22)21-19(25)23-12-14-24(15-13-23)28(26,27)18-5-3-16(20)4-6-18/h3-6,17H,2,7-15H2,1H3,(H,21,25). The number of urea groups is 1. The van der Waals surface area contributed by atoms with Crippen molar-refractivity contribution in [1.29, 1.82) is 0 Å². The highest BCUT2D eigenvalue weighted by Crippen LogP contribution is 2.18. The number of halogens is 1. The summed E-state index contributed by atoms with van der Waals surface area (Å²) in [6.07, 6.45) is 3.04. The Morgan fingerprint density at radius 3 is 2.25 bits per heavy atom. The lowest BCUT2D eigenvalue weighted by Crippen LogP contribution is -2.55. The molecule has 2 aliphatic heterocycles. The lowest BCUT2D eigenvalue weighted by molar-refractivity contribution is 0.156. The summed E-state index contributed by atoms with van der Waals surface area (Å²) in [6.45, 7) is 6.45. The molecular formula is C19H29FN4O3S. The summed E-state index contributed by atoms with van der Waals surface area (Å²) in [5.41, 5.74) is 0. The van der Waals surface area contributed by atoms with E-state index in [1.54, 1.807) is 4.90 Å². The second-order valence-corrected chi connectivity index (χ2v) is 9.35. The molecule has 1 N–H and O–H groups in total. The van der Waals surface area contributed by atoms with Crippen molar-refractivity contribution in [2.24, 2.45) is 0 Å². The normalized spacial score (nSPS) is 20.3. The maximum absolute atomic E-state index is 13.0. The molecule has 2 fully saturated rings. The first kappa shape index (κ1) is 21.0. The van der Waals surface area contributed by atoms with E-state index in [0.717, 1.165) is 51.0 Å². The third-order valence-corrected chi connectivity index (χ3v) is 7.35. The monoisotopic (exact) mass is 412 g/mol. The molecule has 2 aliphatic rings.